The monoisotopic (exact) mass is 338 g/mol. The Balaban J connectivity index is 2.11. The summed E-state index contributed by atoms with van der Waals surface area (Å²) in [7, 11) is 1.63. The second kappa shape index (κ2) is 8.79. The molecule has 1 aliphatic rings. The summed E-state index contributed by atoms with van der Waals surface area (Å²) in [6.45, 7) is 2.20. The number of aliphatic hydroxyl groups is 1. The minimum Gasteiger partial charge on any atom is -0.481 e. The van der Waals surface area contributed by atoms with Crippen LogP contribution in [0.4, 0.5) is 11.6 Å². The Hall–Kier alpha value is -1.93. The van der Waals surface area contributed by atoms with E-state index in [9.17, 15) is 9.90 Å². The molecule has 3 N–H and O–H groups in total. The molecule has 1 aromatic heterocycles. The Kier molecular flexibility index (Phi) is 6.74. The lowest BCUT2D eigenvalue weighted by Crippen LogP contribution is -2.48. The summed E-state index contributed by atoms with van der Waals surface area (Å²) in [6, 6.07) is 1.79. The van der Waals surface area contributed by atoms with Gasteiger partial charge in [0.05, 0.1) is 12.0 Å². The number of aliphatic hydroxyl groups excluding tert-OH is 1. The summed E-state index contributed by atoms with van der Waals surface area (Å²) < 4.78 is 5.07. The van der Waals surface area contributed by atoms with Gasteiger partial charge in [-0.05, 0) is 25.7 Å². The van der Waals surface area contributed by atoms with Crippen molar-refractivity contribution >= 4 is 17.6 Å². The third-order valence-corrected chi connectivity index (χ3v) is 4.43. The number of aliphatic carboxylic acids is 1. The highest BCUT2D eigenvalue weighted by Gasteiger charge is 2.42. The molecule has 0 amide bonds. The normalized spacial score (nSPS) is 20.8. The lowest BCUT2D eigenvalue weighted by molar-refractivity contribution is -0.150. The van der Waals surface area contributed by atoms with E-state index in [0.717, 1.165) is 19.4 Å². The first-order chi connectivity index (χ1) is 11.6. The maximum Gasteiger partial charge on any atom is 0.311 e. The first-order valence-electron chi connectivity index (χ1n) is 8.25. The van der Waals surface area contributed by atoms with Gasteiger partial charge in [-0.25, -0.2) is 9.97 Å². The summed E-state index contributed by atoms with van der Waals surface area (Å²) in [4.78, 5) is 22.3. The summed E-state index contributed by atoms with van der Waals surface area (Å²) in [5.74, 6) is 0.582. The molecule has 0 aliphatic carbocycles. The van der Waals surface area contributed by atoms with E-state index in [1.54, 1.807) is 13.2 Å². The molecule has 0 saturated carbocycles. The van der Waals surface area contributed by atoms with E-state index < -0.39 is 11.4 Å². The van der Waals surface area contributed by atoms with Crippen LogP contribution in [0.3, 0.4) is 0 Å². The zero-order valence-corrected chi connectivity index (χ0v) is 14.1. The molecule has 134 valence electrons. The van der Waals surface area contributed by atoms with Gasteiger partial charge in [-0.1, -0.05) is 0 Å². The third kappa shape index (κ3) is 4.55. The molecule has 0 aromatic carbocycles. The number of aromatic nitrogens is 2. The molecule has 0 radical (unpaired) electrons. The van der Waals surface area contributed by atoms with Crippen molar-refractivity contribution in [3.8, 4) is 0 Å². The van der Waals surface area contributed by atoms with Crippen LogP contribution in [0, 0.1) is 5.41 Å². The number of methoxy groups -OCH3 is 1. The van der Waals surface area contributed by atoms with E-state index in [0.29, 0.717) is 44.2 Å². The number of ether oxygens (including phenoxy) is 1. The average molecular weight is 338 g/mol. The molecule has 24 heavy (non-hydrogen) atoms. The maximum absolute atomic E-state index is 11.9. The van der Waals surface area contributed by atoms with Crippen molar-refractivity contribution in [2.24, 2.45) is 5.41 Å². The van der Waals surface area contributed by atoms with Crippen molar-refractivity contribution in [1.82, 2.24) is 9.97 Å². The van der Waals surface area contributed by atoms with Gasteiger partial charge in [0.15, 0.2) is 0 Å². The van der Waals surface area contributed by atoms with Crippen LogP contribution >= 0.6 is 0 Å². The van der Waals surface area contributed by atoms with Crippen LogP contribution in [0.1, 0.15) is 25.7 Å². The number of carbonyl (C=O) groups is 1. The lowest BCUT2D eigenvalue weighted by Gasteiger charge is -2.40. The largest absolute Gasteiger partial charge is 0.481 e. The Morgan fingerprint density at radius 3 is 3.04 bits per heavy atom. The van der Waals surface area contributed by atoms with Gasteiger partial charge in [0, 0.05) is 39.4 Å². The van der Waals surface area contributed by atoms with Crippen LogP contribution in [0.25, 0.3) is 0 Å². The standard InChI is InChI=1S/C16H26N4O4/c1-24-9-3-5-16(15(22)23)4-2-7-20(11-16)14-10-13(17-6-8-21)18-12-19-14/h10,12,21H,2-9,11H2,1H3,(H,22,23)(H,17,18,19)/t16-/m1/s1. The maximum atomic E-state index is 11.9. The number of carboxylic acids is 1. The number of nitrogens with one attached hydrogen (secondary N) is 1. The van der Waals surface area contributed by atoms with E-state index >= 15 is 0 Å². The second-order valence-corrected chi connectivity index (χ2v) is 6.12. The molecule has 0 bridgehead atoms. The molecule has 2 heterocycles. The number of anilines is 2. The predicted molar refractivity (Wildman–Crippen MR) is 90.2 cm³/mol. The van der Waals surface area contributed by atoms with Gasteiger partial charge in [0.2, 0.25) is 0 Å². The van der Waals surface area contributed by atoms with Crippen molar-refractivity contribution in [3.05, 3.63) is 12.4 Å². The highest BCUT2D eigenvalue weighted by atomic mass is 16.5. The number of nitrogens with zero attached hydrogens (tertiary/aromatic N) is 3. The number of hydrogen-bond donors (Lipinski definition) is 3. The molecule has 8 heteroatoms. The van der Waals surface area contributed by atoms with Crippen molar-refractivity contribution in [2.45, 2.75) is 25.7 Å². The Morgan fingerprint density at radius 1 is 1.50 bits per heavy atom. The summed E-state index contributed by atoms with van der Waals surface area (Å²) >= 11 is 0. The fraction of sp³-hybridized carbons (Fsp3) is 0.688. The number of piperidine rings is 1. The summed E-state index contributed by atoms with van der Waals surface area (Å²) in [5, 5.41) is 21.7. The van der Waals surface area contributed by atoms with E-state index in [2.05, 4.69) is 15.3 Å². The van der Waals surface area contributed by atoms with Crippen molar-refractivity contribution in [2.75, 3.05) is 50.2 Å². The SMILES string of the molecule is COCCC[C@]1(C(=O)O)CCCN(c2cc(NCCO)ncn2)C1. The van der Waals surface area contributed by atoms with Gasteiger partial charge in [-0.2, -0.15) is 0 Å². The Morgan fingerprint density at radius 2 is 2.33 bits per heavy atom. The zero-order chi connectivity index (χ0) is 17.4. The van der Waals surface area contributed by atoms with E-state index in [4.69, 9.17) is 9.84 Å². The average Bonchev–Trinajstić information content (AvgIpc) is 2.60. The van der Waals surface area contributed by atoms with Gasteiger partial charge >= 0.3 is 5.97 Å². The van der Waals surface area contributed by atoms with Gasteiger partial charge in [-0.15, -0.1) is 0 Å². The van der Waals surface area contributed by atoms with Crippen molar-refractivity contribution in [1.29, 1.82) is 0 Å². The van der Waals surface area contributed by atoms with Gasteiger partial charge < -0.3 is 25.2 Å². The summed E-state index contributed by atoms with van der Waals surface area (Å²) in [5.41, 5.74) is -0.763. The van der Waals surface area contributed by atoms with Crippen LogP contribution in [0.15, 0.2) is 12.4 Å². The topological polar surface area (TPSA) is 108 Å². The van der Waals surface area contributed by atoms with Gasteiger partial charge in [0.1, 0.15) is 18.0 Å². The van der Waals surface area contributed by atoms with Gasteiger partial charge in [0.25, 0.3) is 0 Å². The fourth-order valence-corrected chi connectivity index (χ4v) is 3.17. The van der Waals surface area contributed by atoms with Crippen molar-refractivity contribution in [3.63, 3.8) is 0 Å². The minimum atomic E-state index is -0.763. The molecule has 8 nitrogen and oxygen atoms in total. The molecular weight excluding hydrogens is 312 g/mol. The molecule has 2 rings (SSSR count). The van der Waals surface area contributed by atoms with Crippen LogP contribution in [-0.2, 0) is 9.53 Å². The van der Waals surface area contributed by atoms with E-state index in [1.165, 1.54) is 6.33 Å². The molecule has 1 aromatic rings. The van der Waals surface area contributed by atoms with Crippen LogP contribution in [0.5, 0.6) is 0 Å². The number of hydrogen-bond acceptors (Lipinski definition) is 7. The van der Waals surface area contributed by atoms with Crippen LogP contribution < -0.4 is 10.2 Å². The molecule has 1 atom stereocenters. The number of rotatable bonds is 9. The van der Waals surface area contributed by atoms with Crippen molar-refractivity contribution < 1.29 is 19.7 Å². The minimum absolute atomic E-state index is 0.0185. The highest BCUT2D eigenvalue weighted by molar-refractivity contribution is 5.76. The highest BCUT2D eigenvalue weighted by Crippen LogP contribution is 2.36. The molecule has 1 fully saturated rings. The number of carboxylic acid groups (broad SMARTS) is 1. The first kappa shape index (κ1) is 18.4. The molecule has 1 aliphatic heterocycles. The summed E-state index contributed by atoms with van der Waals surface area (Å²) in [6.07, 6.45) is 4.25. The lowest BCUT2D eigenvalue weighted by atomic mass is 9.76. The van der Waals surface area contributed by atoms with Crippen LogP contribution in [0.2, 0.25) is 0 Å². The fourth-order valence-electron chi connectivity index (χ4n) is 3.17. The molecule has 0 unspecified atom stereocenters. The smallest absolute Gasteiger partial charge is 0.311 e. The Labute approximate surface area is 141 Å². The van der Waals surface area contributed by atoms with E-state index in [-0.39, 0.29) is 6.61 Å². The third-order valence-electron chi connectivity index (χ3n) is 4.43. The first-order valence-corrected chi connectivity index (χ1v) is 8.25. The Bertz CT molecular complexity index is 543. The van der Waals surface area contributed by atoms with Gasteiger partial charge in [-0.3, -0.25) is 4.79 Å². The van der Waals surface area contributed by atoms with E-state index in [1.807, 2.05) is 4.90 Å². The molecule has 1 saturated heterocycles. The predicted octanol–water partition coefficient (Wildman–Crippen LogP) is 0.979. The second-order valence-electron chi connectivity index (χ2n) is 6.12. The molecule has 0 spiro atoms. The zero-order valence-electron chi connectivity index (χ0n) is 14.1. The van der Waals surface area contributed by atoms with Crippen LogP contribution in [-0.4, -0.2) is 66.1 Å². The quantitative estimate of drug-likeness (QED) is 0.572. The molecular formula is C16H26N4O4.